The highest BCUT2D eigenvalue weighted by atomic mass is 35.5. The lowest BCUT2D eigenvalue weighted by Gasteiger charge is -2.22. The number of halogens is 4. The maximum atomic E-state index is 13.5. The summed E-state index contributed by atoms with van der Waals surface area (Å²) in [4.78, 5) is 25.1. The van der Waals surface area contributed by atoms with Crippen LogP contribution in [0.2, 0.25) is 10.0 Å². The van der Waals surface area contributed by atoms with Crippen molar-refractivity contribution >= 4 is 46.4 Å². The molecule has 0 atom stereocenters. The monoisotopic (exact) mass is 386 g/mol. The molecule has 2 rings (SSSR count). The molecule has 0 aliphatic rings. The minimum atomic E-state index is -0.877. The molecule has 0 bridgehead atoms. The molecule has 0 fully saturated rings. The molecule has 0 unspecified atom stereocenters. The standard InChI is InChI=1S/C17H14Cl2F2N2O2/c1-10(24)23(15-6-5-11(18)9-12(15)19)8-7-16(25)22-17-13(20)3-2-4-14(17)21/h2-6,9H,7-8H2,1H3,(H,22,25). The van der Waals surface area contributed by atoms with Crippen LogP contribution >= 0.6 is 23.2 Å². The van der Waals surface area contributed by atoms with Crippen LogP contribution in [0.5, 0.6) is 0 Å². The molecule has 1 N–H and O–H groups in total. The molecule has 0 spiro atoms. The molecule has 25 heavy (non-hydrogen) atoms. The smallest absolute Gasteiger partial charge is 0.226 e. The lowest BCUT2D eigenvalue weighted by molar-refractivity contribution is -0.117. The molecule has 0 aromatic heterocycles. The summed E-state index contributed by atoms with van der Waals surface area (Å²) in [6.07, 6.45) is -0.174. The van der Waals surface area contributed by atoms with Crippen molar-refractivity contribution < 1.29 is 18.4 Å². The Balaban J connectivity index is 2.08. The molecular formula is C17H14Cl2F2N2O2. The summed E-state index contributed by atoms with van der Waals surface area (Å²) in [5.74, 6) is -2.73. The maximum Gasteiger partial charge on any atom is 0.226 e. The van der Waals surface area contributed by atoms with E-state index < -0.39 is 23.2 Å². The second kappa shape index (κ2) is 8.27. The van der Waals surface area contributed by atoms with Gasteiger partial charge in [-0.2, -0.15) is 0 Å². The highest BCUT2D eigenvalue weighted by Crippen LogP contribution is 2.29. The number of hydrogen-bond donors (Lipinski definition) is 1. The van der Waals surface area contributed by atoms with E-state index in [4.69, 9.17) is 23.2 Å². The number of para-hydroxylation sites is 1. The summed E-state index contributed by atoms with van der Waals surface area (Å²) < 4.78 is 27.1. The van der Waals surface area contributed by atoms with Gasteiger partial charge in [0.1, 0.15) is 17.3 Å². The second-order valence-corrected chi connectivity index (χ2v) is 6.00. The Hall–Kier alpha value is -2.18. The Bertz CT molecular complexity index is 795. The van der Waals surface area contributed by atoms with Crippen LogP contribution in [0, 0.1) is 11.6 Å². The van der Waals surface area contributed by atoms with Crippen LogP contribution in [-0.2, 0) is 9.59 Å². The normalized spacial score (nSPS) is 10.4. The van der Waals surface area contributed by atoms with Gasteiger partial charge in [0.2, 0.25) is 11.8 Å². The molecule has 2 aromatic rings. The summed E-state index contributed by atoms with van der Waals surface area (Å²) in [7, 11) is 0. The van der Waals surface area contributed by atoms with E-state index in [1.165, 1.54) is 24.0 Å². The van der Waals surface area contributed by atoms with Crippen LogP contribution < -0.4 is 10.2 Å². The number of carbonyl (C=O) groups excluding carboxylic acids is 2. The van der Waals surface area contributed by atoms with Crippen molar-refractivity contribution in [1.29, 1.82) is 0 Å². The molecule has 0 aliphatic heterocycles. The summed E-state index contributed by atoms with van der Waals surface area (Å²) in [5, 5.41) is 2.83. The van der Waals surface area contributed by atoms with Gasteiger partial charge in [0.05, 0.1) is 10.7 Å². The van der Waals surface area contributed by atoms with E-state index in [9.17, 15) is 18.4 Å². The molecule has 4 nitrogen and oxygen atoms in total. The second-order valence-electron chi connectivity index (χ2n) is 5.16. The van der Waals surface area contributed by atoms with Crippen molar-refractivity contribution in [2.45, 2.75) is 13.3 Å². The van der Waals surface area contributed by atoms with Gasteiger partial charge in [-0.1, -0.05) is 29.3 Å². The quantitative estimate of drug-likeness (QED) is 0.812. The number of anilines is 2. The van der Waals surface area contributed by atoms with Gasteiger partial charge < -0.3 is 10.2 Å². The average Bonchev–Trinajstić information content (AvgIpc) is 2.52. The highest BCUT2D eigenvalue weighted by molar-refractivity contribution is 6.36. The first-order chi connectivity index (χ1) is 11.8. The maximum absolute atomic E-state index is 13.5. The van der Waals surface area contributed by atoms with Crippen LogP contribution in [-0.4, -0.2) is 18.4 Å². The number of amides is 2. The van der Waals surface area contributed by atoms with Crippen LogP contribution in [0.1, 0.15) is 13.3 Å². The van der Waals surface area contributed by atoms with Crippen molar-refractivity contribution in [1.82, 2.24) is 0 Å². The lowest BCUT2D eigenvalue weighted by atomic mass is 10.2. The summed E-state index contributed by atoms with van der Waals surface area (Å²) >= 11 is 11.9. The first kappa shape index (κ1) is 19.1. The highest BCUT2D eigenvalue weighted by Gasteiger charge is 2.18. The third-order valence-corrected chi connectivity index (χ3v) is 3.91. The number of hydrogen-bond acceptors (Lipinski definition) is 2. The number of carbonyl (C=O) groups is 2. The van der Waals surface area contributed by atoms with Crippen LogP contribution in [0.3, 0.4) is 0 Å². The summed E-state index contributed by atoms with van der Waals surface area (Å²) in [5.41, 5.74) is -0.130. The van der Waals surface area contributed by atoms with Crippen molar-refractivity contribution in [2.75, 3.05) is 16.8 Å². The van der Waals surface area contributed by atoms with Gasteiger partial charge >= 0.3 is 0 Å². The predicted molar refractivity (Wildman–Crippen MR) is 94.1 cm³/mol. The molecule has 0 saturated heterocycles. The van der Waals surface area contributed by atoms with Crippen LogP contribution in [0.15, 0.2) is 36.4 Å². The van der Waals surface area contributed by atoms with E-state index in [1.54, 1.807) is 12.1 Å². The first-order valence-corrected chi connectivity index (χ1v) is 8.02. The molecule has 0 saturated carbocycles. The molecule has 2 aromatic carbocycles. The largest absolute Gasteiger partial charge is 0.321 e. The SMILES string of the molecule is CC(=O)N(CCC(=O)Nc1c(F)cccc1F)c1ccc(Cl)cc1Cl. The fraction of sp³-hybridized carbons (Fsp3) is 0.176. The van der Waals surface area contributed by atoms with Gasteiger partial charge in [0.15, 0.2) is 0 Å². The Labute approximate surface area is 153 Å². The minimum Gasteiger partial charge on any atom is -0.321 e. The van der Waals surface area contributed by atoms with Gasteiger partial charge in [-0.15, -0.1) is 0 Å². The number of nitrogens with zero attached hydrogens (tertiary/aromatic N) is 1. The van der Waals surface area contributed by atoms with Gasteiger partial charge in [-0.05, 0) is 30.3 Å². The Kier molecular flexibility index (Phi) is 6.33. The van der Waals surface area contributed by atoms with Gasteiger partial charge in [0.25, 0.3) is 0 Å². The molecule has 8 heteroatoms. The fourth-order valence-electron chi connectivity index (χ4n) is 2.18. The van der Waals surface area contributed by atoms with E-state index in [1.807, 2.05) is 0 Å². The molecule has 2 amide bonds. The third-order valence-electron chi connectivity index (χ3n) is 3.37. The summed E-state index contributed by atoms with van der Waals surface area (Å²) in [6, 6.07) is 7.86. The van der Waals surface area contributed by atoms with E-state index in [0.717, 1.165) is 12.1 Å². The fourth-order valence-corrected chi connectivity index (χ4v) is 2.69. The van der Waals surface area contributed by atoms with Crippen molar-refractivity contribution in [2.24, 2.45) is 0 Å². The van der Waals surface area contributed by atoms with Crippen molar-refractivity contribution in [3.63, 3.8) is 0 Å². The Morgan fingerprint density at radius 2 is 1.76 bits per heavy atom. The number of benzene rings is 2. The van der Waals surface area contributed by atoms with Crippen LogP contribution in [0.4, 0.5) is 20.2 Å². The molecule has 0 heterocycles. The third kappa shape index (κ3) is 4.90. The Morgan fingerprint density at radius 1 is 1.12 bits per heavy atom. The predicted octanol–water partition coefficient (Wildman–Crippen LogP) is 4.65. The zero-order chi connectivity index (χ0) is 18.6. The molecule has 0 radical (unpaired) electrons. The van der Waals surface area contributed by atoms with E-state index in [0.29, 0.717) is 10.7 Å². The first-order valence-electron chi connectivity index (χ1n) is 7.26. The van der Waals surface area contributed by atoms with Crippen LogP contribution in [0.25, 0.3) is 0 Å². The lowest BCUT2D eigenvalue weighted by Crippen LogP contribution is -2.32. The topological polar surface area (TPSA) is 49.4 Å². The zero-order valence-corrected chi connectivity index (χ0v) is 14.7. The molecule has 0 aliphatic carbocycles. The van der Waals surface area contributed by atoms with Gasteiger partial charge in [-0.3, -0.25) is 9.59 Å². The van der Waals surface area contributed by atoms with Crippen molar-refractivity contribution in [3.8, 4) is 0 Å². The van der Waals surface area contributed by atoms with E-state index in [2.05, 4.69) is 5.32 Å². The van der Waals surface area contributed by atoms with Crippen molar-refractivity contribution in [3.05, 3.63) is 58.1 Å². The minimum absolute atomic E-state index is 0.0153. The Morgan fingerprint density at radius 3 is 2.32 bits per heavy atom. The zero-order valence-electron chi connectivity index (χ0n) is 13.2. The van der Waals surface area contributed by atoms with Gasteiger partial charge in [0, 0.05) is 24.9 Å². The summed E-state index contributed by atoms with van der Waals surface area (Å²) in [6.45, 7) is 1.30. The number of nitrogens with one attached hydrogen (secondary N) is 1. The molecular weight excluding hydrogens is 373 g/mol. The average molecular weight is 387 g/mol. The van der Waals surface area contributed by atoms with E-state index >= 15 is 0 Å². The molecule has 132 valence electrons. The number of rotatable bonds is 5. The van der Waals surface area contributed by atoms with E-state index in [-0.39, 0.29) is 23.9 Å². The van der Waals surface area contributed by atoms with Gasteiger partial charge in [-0.25, -0.2) is 8.78 Å².